The zero-order valence-corrected chi connectivity index (χ0v) is 7.56. The molecule has 0 atom stereocenters. The third-order valence-electron chi connectivity index (χ3n) is 2.11. The fourth-order valence-electron chi connectivity index (χ4n) is 1.34. The van der Waals surface area contributed by atoms with E-state index in [0.717, 1.165) is 10.9 Å². The van der Waals surface area contributed by atoms with Gasteiger partial charge in [-0.2, -0.15) is 0 Å². The van der Waals surface area contributed by atoms with Crippen molar-refractivity contribution in [3.8, 4) is 0 Å². The molecule has 2 rings (SSSR count). The topological polar surface area (TPSA) is 69.2 Å². The fraction of sp³-hybridized carbons (Fsp3) is 0.111. The molecular weight excluding hydrogens is 182 g/mol. The van der Waals surface area contributed by atoms with Gasteiger partial charge in [0.1, 0.15) is 0 Å². The van der Waals surface area contributed by atoms with Crippen molar-refractivity contribution in [1.29, 1.82) is 0 Å². The first kappa shape index (κ1) is 8.55. The van der Waals surface area contributed by atoms with E-state index in [1.807, 2.05) is 0 Å². The van der Waals surface area contributed by atoms with Crippen LogP contribution in [-0.4, -0.2) is 28.2 Å². The smallest absolute Gasteiger partial charge is 0.411 e. The minimum atomic E-state index is -0.984. The molecule has 72 valence electrons. The van der Waals surface area contributed by atoms with Crippen LogP contribution in [0.15, 0.2) is 24.7 Å². The van der Waals surface area contributed by atoms with E-state index in [9.17, 15) is 4.79 Å². The van der Waals surface area contributed by atoms with Crippen molar-refractivity contribution >= 4 is 22.7 Å². The molecule has 2 aromatic rings. The standard InChI is InChI=1S/C9H9N3O2/c1-12(9(13)14)8-5-11-7-4-10-3-2-6(7)8/h2-5,11H,1H3,(H,13,14). The van der Waals surface area contributed by atoms with Crippen LogP contribution in [0.25, 0.3) is 10.9 Å². The van der Waals surface area contributed by atoms with Crippen LogP contribution >= 0.6 is 0 Å². The van der Waals surface area contributed by atoms with Gasteiger partial charge in [-0.15, -0.1) is 0 Å². The number of aromatic amines is 1. The molecule has 0 radical (unpaired) electrons. The second-order valence-corrected chi connectivity index (χ2v) is 2.94. The van der Waals surface area contributed by atoms with Crippen molar-refractivity contribution in [3.05, 3.63) is 24.7 Å². The molecule has 5 heteroatoms. The SMILES string of the molecule is CN(C(=O)O)c1c[nH]c2cnccc12. The Balaban J connectivity index is 2.58. The second kappa shape index (κ2) is 3.02. The molecule has 0 saturated carbocycles. The van der Waals surface area contributed by atoms with Gasteiger partial charge in [-0.1, -0.05) is 0 Å². The number of hydrogen-bond acceptors (Lipinski definition) is 2. The highest BCUT2D eigenvalue weighted by Crippen LogP contribution is 2.24. The monoisotopic (exact) mass is 191 g/mol. The number of rotatable bonds is 1. The van der Waals surface area contributed by atoms with Gasteiger partial charge in [0, 0.05) is 24.8 Å². The van der Waals surface area contributed by atoms with Crippen LogP contribution in [0, 0.1) is 0 Å². The number of nitrogens with one attached hydrogen (secondary N) is 1. The lowest BCUT2D eigenvalue weighted by atomic mass is 10.3. The van der Waals surface area contributed by atoms with Crippen molar-refractivity contribution in [2.24, 2.45) is 0 Å². The summed E-state index contributed by atoms with van der Waals surface area (Å²) in [6.45, 7) is 0. The first-order valence-electron chi connectivity index (χ1n) is 4.08. The van der Waals surface area contributed by atoms with Crippen molar-refractivity contribution in [1.82, 2.24) is 9.97 Å². The number of anilines is 1. The van der Waals surface area contributed by atoms with Gasteiger partial charge < -0.3 is 10.1 Å². The lowest BCUT2D eigenvalue weighted by Crippen LogP contribution is -2.23. The van der Waals surface area contributed by atoms with E-state index >= 15 is 0 Å². The van der Waals surface area contributed by atoms with E-state index in [0.29, 0.717) is 5.69 Å². The Labute approximate surface area is 80.0 Å². The number of pyridine rings is 1. The maximum atomic E-state index is 10.7. The Hall–Kier alpha value is -2.04. The summed E-state index contributed by atoms with van der Waals surface area (Å²) >= 11 is 0. The van der Waals surface area contributed by atoms with E-state index in [-0.39, 0.29) is 0 Å². The molecule has 0 aliphatic heterocycles. The molecule has 2 N–H and O–H groups in total. The summed E-state index contributed by atoms with van der Waals surface area (Å²) in [5, 5.41) is 9.66. The Morgan fingerprint density at radius 1 is 1.64 bits per heavy atom. The van der Waals surface area contributed by atoms with Crippen molar-refractivity contribution in [2.45, 2.75) is 0 Å². The first-order chi connectivity index (χ1) is 6.70. The number of amides is 1. The number of fused-ring (bicyclic) bond motifs is 1. The Morgan fingerprint density at radius 2 is 2.43 bits per heavy atom. The molecule has 0 spiro atoms. The van der Waals surface area contributed by atoms with Gasteiger partial charge in [0.2, 0.25) is 0 Å². The van der Waals surface area contributed by atoms with E-state index in [2.05, 4.69) is 9.97 Å². The second-order valence-electron chi connectivity index (χ2n) is 2.94. The highest BCUT2D eigenvalue weighted by Gasteiger charge is 2.12. The summed E-state index contributed by atoms with van der Waals surface area (Å²) in [6, 6.07) is 1.78. The maximum Gasteiger partial charge on any atom is 0.411 e. The zero-order valence-electron chi connectivity index (χ0n) is 7.56. The molecule has 0 aromatic carbocycles. The Bertz CT molecular complexity index is 478. The summed E-state index contributed by atoms with van der Waals surface area (Å²) in [7, 11) is 1.51. The van der Waals surface area contributed by atoms with E-state index in [1.165, 1.54) is 11.9 Å². The molecule has 0 bridgehead atoms. The van der Waals surface area contributed by atoms with Crippen LogP contribution in [0.4, 0.5) is 10.5 Å². The summed E-state index contributed by atoms with van der Waals surface area (Å²) < 4.78 is 0. The van der Waals surface area contributed by atoms with Gasteiger partial charge >= 0.3 is 6.09 Å². The third-order valence-corrected chi connectivity index (χ3v) is 2.11. The third kappa shape index (κ3) is 1.19. The highest BCUT2D eigenvalue weighted by molar-refractivity contribution is 5.99. The number of nitrogens with zero attached hydrogens (tertiary/aromatic N) is 2. The number of carboxylic acid groups (broad SMARTS) is 1. The summed E-state index contributed by atoms with van der Waals surface area (Å²) in [5.74, 6) is 0. The average Bonchev–Trinajstić information content (AvgIpc) is 2.60. The largest absolute Gasteiger partial charge is 0.465 e. The molecule has 0 aliphatic rings. The van der Waals surface area contributed by atoms with Crippen molar-refractivity contribution in [2.75, 3.05) is 11.9 Å². The molecule has 1 amide bonds. The summed E-state index contributed by atoms with van der Waals surface area (Å²) in [4.78, 5) is 18.8. The predicted molar refractivity (Wildman–Crippen MR) is 52.5 cm³/mol. The Kier molecular flexibility index (Phi) is 1.85. The van der Waals surface area contributed by atoms with Gasteiger partial charge in [-0.3, -0.25) is 9.88 Å². The summed E-state index contributed by atoms with van der Waals surface area (Å²) in [6.07, 6.45) is 3.97. The molecule has 5 nitrogen and oxygen atoms in total. The quantitative estimate of drug-likeness (QED) is 0.720. The molecule has 2 aromatic heterocycles. The molecule has 2 heterocycles. The lowest BCUT2D eigenvalue weighted by Gasteiger charge is -2.10. The number of aromatic nitrogens is 2. The van der Waals surface area contributed by atoms with Gasteiger partial charge in [-0.25, -0.2) is 4.79 Å². The molecule has 0 fully saturated rings. The highest BCUT2D eigenvalue weighted by atomic mass is 16.4. The minimum absolute atomic E-state index is 0.634. The van der Waals surface area contributed by atoms with Crippen LogP contribution < -0.4 is 4.90 Å². The fourth-order valence-corrected chi connectivity index (χ4v) is 1.34. The normalized spacial score (nSPS) is 10.4. The van der Waals surface area contributed by atoms with E-state index in [4.69, 9.17) is 5.11 Å². The average molecular weight is 191 g/mol. The van der Waals surface area contributed by atoms with Crippen molar-refractivity contribution in [3.63, 3.8) is 0 Å². The minimum Gasteiger partial charge on any atom is -0.465 e. The number of carbonyl (C=O) groups is 1. The van der Waals surface area contributed by atoms with Crippen molar-refractivity contribution < 1.29 is 9.90 Å². The molecule has 0 saturated heterocycles. The van der Waals surface area contributed by atoms with Gasteiger partial charge in [0.05, 0.1) is 17.4 Å². The first-order valence-corrected chi connectivity index (χ1v) is 4.08. The maximum absolute atomic E-state index is 10.7. The number of hydrogen-bond donors (Lipinski definition) is 2. The molecule has 0 aliphatic carbocycles. The molecular formula is C9H9N3O2. The van der Waals surface area contributed by atoms with Gasteiger partial charge in [-0.05, 0) is 6.07 Å². The Morgan fingerprint density at radius 3 is 3.14 bits per heavy atom. The van der Waals surface area contributed by atoms with Crippen LogP contribution in [0.1, 0.15) is 0 Å². The van der Waals surface area contributed by atoms with Crippen LogP contribution in [0.5, 0.6) is 0 Å². The molecule has 0 unspecified atom stereocenters. The van der Waals surface area contributed by atoms with Crippen LogP contribution in [0.3, 0.4) is 0 Å². The van der Waals surface area contributed by atoms with Gasteiger partial charge in [0.25, 0.3) is 0 Å². The zero-order chi connectivity index (χ0) is 10.1. The lowest BCUT2D eigenvalue weighted by molar-refractivity contribution is 0.203. The van der Waals surface area contributed by atoms with Crippen LogP contribution in [0.2, 0.25) is 0 Å². The predicted octanol–water partition coefficient (Wildman–Crippen LogP) is 1.68. The van der Waals surface area contributed by atoms with E-state index in [1.54, 1.807) is 24.7 Å². The van der Waals surface area contributed by atoms with Crippen LogP contribution in [-0.2, 0) is 0 Å². The molecule has 14 heavy (non-hydrogen) atoms. The van der Waals surface area contributed by atoms with E-state index < -0.39 is 6.09 Å². The number of H-pyrrole nitrogens is 1. The summed E-state index contributed by atoms with van der Waals surface area (Å²) in [5.41, 5.74) is 1.46. The van der Waals surface area contributed by atoms with Gasteiger partial charge in [0.15, 0.2) is 0 Å².